The number of hydrogen-bond acceptors (Lipinski definition) is 4. The summed E-state index contributed by atoms with van der Waals surface area (Å²) in [6.45, 7) is 8.87. The average Bonchev–Trinajstić information content (AvgIpc) is 2.74. The molecule has 1 aromatic rings. The molecule has 0 radical (unpaired) electrons. The van der Waals surface area contributed by atoms with E-state index in [1.54, 1.807) is 0 Å². The highest BCUT2D eigenvalue weighted by Gasteiger charge is 2.30. The molecule has 2 unspecified atom stereocenters. The standard InChI is InChI=1S/C22H33N3O3/c1-3-17(2)18-6-8-20(9-7-18)23-21(26)16-24-10-4-5-19(15-24)22(27)25-11-13-28-14-12-25/h6-9,17,19H,3-5,10-16H2,1-2H3,(H,23,26). The summed E-state index contributed by atoms with van der Waals surface area (Å²) in [5.41, 5.74) is 2.12. The number of ether oxygens (including phenoxy) is 1. The second-order valence-electron chi connectivity index (χ2n) is 7.99. The second-order valence-corrected chi connectivity index (χ2v) is 7.99. The molecule has 2 atom stereocenters. The Hall–Kier alpha value is -1.92. The van der Waals surface area contributed by atoms with Gasteiger partial charge in [-0.05, 0) is 49.4 Å². The molecule has 0 bridgehead atoms. The summed E-state index contributed by atoms with van der Waals surface area (Å²) >= 11 is 0. The molecule has 6 nitrogen and oxygen atoms in total. The predicted molar refractivity (Wildman–Crippen MR) is 110 cm³/mol. The van der Waals surface area contributed by atoms with Crippen LogP contribution in [0.2, 0.25) is 0 Å². The van der Waals surface area contributed by atoms with Gasteiger partial charge in [-0.3, -0.25) is 14.5 Å². The summed E-state index contributed by atoms with van der Waals surface area (Å²) in [5, 5.41) is 2.99. The molecule has 2 saturated heterocycles. The molecule has 2 amide bonds. The van der Waals surface area contributed by atoms with Crippen LogP contribution in [0.5, 0.6) is 0 Å². The minimum atomic E-state index is -0.0178. The third-order valence-electron chi connectivity index (χ3n) is 5.92. The fraction of sp³-hybridized carbons (Fsp3) is 0.636. The minimum Gasteiger partial charge on any atom is -0.378 e. The summed E-state index contributed by atoms with van der Waals surface area (Å²) in [7, 11) is 0. The van der Waals surface area contributed by atoms with Crippen LogP contribution in [0.25, 0.3) is 0 Å². The van der Waals surface area contributed by atoms with Gasteiger partial charge in [0.1, 0.15) is 0 Å². The van der Waals surface area contributed by atoms with Gasteiger partial charge in [0.15, 0.2) is 0 Å². The van der Waals surface area contributed by atoms with E-state index in [1.165, 1.54) is 5.56 Å². The number of amides is 2. The van der Waals surface area contributed by atoms with Gasteiger partial charge in [0.05, 0.1) is 25.7 Å². The zero-order chi connectivity index (χ0) is 19.9. The maximum Gasteiger partial charge on any atom is 0.238 e. The zero-order valence-corrected chi connectivity index (χ0v) is 17.2. The topological polar surface area (TPSA) is 61.9 Å². The first kappa shape index (κ1) is 20.8. The number of nitrogens with one attached hydrogen (secondary N) is 1. The van der Waals surface area contributed by atoms with Crippen LogP contribution in [0, 0.1) is 5.92 Å². The summed E-state index contributed by atoms with van der Waals surface area (Å²) in [4.78, 5) is 29.2. The maximum atomic E-state index is 12.7. The lowest BCUT2D eigenvalue weighted by molar-refractivity contribution is -0.141. The molecule has 2 aliphatic rings. The SMILES string of the molecule is CCC(C)c1ccc(NC(=O)CN2CCCC(C(=O)N3CCOCC3)C2)cc1. The van der Waals surface area contributed by atoms with Crippen LogP contribution in [0.1, 0.15) is 44.6 Å². The number of benzene rings is 1. The van der Waals surface area contributed by atoms with Crippen LogP contribution in [0.15, 0.2) is 24.3 Å². The zero-order valence-electron chi connectivity index (χ0n) is 17.2. The van der Waals surface area contributed by atoms with E-state index in [4.69, 9.17) is 4.74 Å². The number of nitrogens with zero attached hydrogens (tertiary/aromatic N) is 2. The highest BCUT2D eigenvalue weighted by Crippen LogP contribution is 2.21. The lowest BCUT2D eigenvalue weighted by Gasteiger charge is -2.35. The first-order valence-corrected chi connectivity index (χ1v) is 10.6. The van der Waals surface area contributed by atoms with Crippen molar-refractivity contribution in [3.05, 3.63) is 29.8 Å². The molecule has 0 saturated carbocycles. The second kappa shape index (κ2) is 10.0. The number of carbonyl (C=O) groups excluding carboxylic acids is 2. The van der Waals surface area contributed by atoms with Gasteiger partial charge in [-0.2, -0.15) is 0 Å². The van der Waals surface area contributed by atoms with Crippen LogP contribution < -0.4 is 5.32 Å². The molecule has 0 spiro atoms. The summed E-state index contributed by atoms with van der Waals surface area (Å²) in [6.07, 6.45) is 2.97. The number of morpholine rings is 1. The van der Waals surface area contributed by atoms with E-state index in [1.807, 2.05) is 17.0 Å². The van der Waals surface area contributed by atoms with Gasteiger partial charge in [0.25, 0.3) is 0 Å². The van der Waals surface area contributed by atoms with E-state index in [2.05, 4.69) is 36.2 Å². The van der Waals surface area contributed by atoms with Crippen LogP contribution in [0.3, 0.4) is 0 Å². The Morgan fingerprint density at radius 1 is 1.18 bits per heavy atom. The fourth-order valence-electron chi connectivity index (χ4n) is 3.98. The molecule has 1 N–H and O–H groups in total. The largest absolute Gasteiger partial charge is 0.378 e. The third-order valence-corrected chi connectivity index (χ3v) is 5.92. The van der Waals surface area contributed by atoms with E-state index >= 15 is 0 Å². The predicted octanol–water partition coefficient (Wildman–Crippen LogP) is 2.71. The number of piperidine rings is 1. The molecule has 28 heavy (non-hydrogen) atoms. The Bertz CT molecular complexity index is 655. The van der Waals surface area contributed by atoms with Gasteiger partial charge in [-0.1, -0.05) is 26.0 Å². The van der Waals surface area contributed by atoms with Crippen LogP contribution >= 0.6 is 0 Å². The Kier molecular flexibility index (Phi) is 7.45. The fourth-order valence-corrected chi connectivity index (χ4v) is 3.98. The molecule has 0 aliphatic carbocycles. The summed E-state index contributed by atoms with van der Waals surface area (Å²) in [5.74, 6) is 0.721. The molecule has 2 heterocycles. The van der Waals surface area contributed by atoms with Crippen molar-refractivity contribution in [2.45, 2.75) is 39.0 Å². The molecule has 2 aliphatic heterocycles. The Balaban J connectivity index is 1.48. The number of hydrogen-bond donors (Lipinski definition) is 1. The lowest BCUT2D eigenvalue weighted by Crippen LogP contribution is -2.49. The molecule has 0 aromatic heterocycles. The van der Waals surface area contributed by atoms with Gasteiger partial charge in [-0.15, -0.1) is 0 Å². The van der Waals surface area contributed by atoms with E-state index < -0.39 is 0 Å². The van der Waals surface area contributed by atoms with Gasteiger partial charge in [-0.25, -0.2) is 0 Å². The van der Waals surface area contributed by atoms with Crippen LogP contribution in [-0.2, 0) is 14.3 Å². The third kappa shape index (κ3) is 5.55. The first-order chi connectivity index (χ1) is 13.6. The quantitative estimate of drug-likeness (QED) is 0.815. The Labute approximate surface area is 168 Å². The van der Waals surface area contributed by atoms with Crippen molar-refractivity contribution in [3.8, 4) is 0 Å². The maximum absolute atomic E-state index is 12.7. The van der Waals surface area contributed by atoms with Crippen molar-refractivity contribution in [2.24, 2.45) is 5.92 Å². The normalized spacial score (nSPS) is 21.9. The van der Waals surface area contributed by atoms with Crippen molar-refractivity contribution in [2.75, 3.05) is 51.3 Å². The number of anilines is 1. The van der Waals surface area contributed by atoms with Crippen molar-refractivity contribution in [1.29, 1.82) is 0 Å². The number of carbonyl (C=O) groups is 2. The van der Waals surface area contributed by atoms with E-state index in [0.717, 1.165) is 31.5 Å². The highest BCUT2D eigenvalue weighted by molar-refractivity contribution is 5.92. The average molecular weight is 388 g/mol. The van der Waals surface area contributed by atoms with Crippen LogP contribution in [0.4, 0.5) is 5.69 Å². The number of likely N-dealkylation sites (tertiary alicyclic amines) is 1. The highest BCUT2D eigenvalue weighted by atomic mass is 16.5. The minimum absolute atomic E-state index is 0.00513. The molecular weight excluding hydrogens is 354 g/mol. The van der Waals surface area contributed by atoms with Crippen molar-refractivity contribution in [3.63, 3.8) is 0 Å². The molecule has 1 aromatic carbocycles. The van der Waals surface area contributed by atoms with Gasteiger partial charge < -0.3 is 15.0 Å². The summed E-state index contributed by atoms with van der Waals surface area (Å²) in [6, 6.07) is 8.12. The van der Waals surface area contributed by atoms with E-state index in [9.17, 15) is 9.59 Å². The Morgan fingerprint density at radius 3 is 2.57 bits per heavy atom. The van der Waals surface area contributed by atoms with Gasteiger partial charge in [0.2, 0.25) is 11.8 Å². The Morgan fingerprint density at radius 2 is 1.89 bits per heavy atom. The smallest absolute Gasteiger partial charge is 0.238 e. The van der Waals surface area contributed by atoms with E-state index in [-0.39, 0.29) is 17.7 Å². The lowest BCUT2D eigenvalue weighted by atomic mass is 9.96. The van der Waals surface area contributed by atoms with Crippen LogP contribution in [-0.4, -0.2) is 67.6 Å². The number of rotatable bonds is 6. The monoisotopic (exact) mass is 387 g/mol. The van der Waals surface area contributed by atoms with Crippen molar-refractivity contribution >= 4 is 17.5 Å². The van der Waals surface area contributed by atoms with Gasteiger partial charge in [0, 0.05) is 25.3 Å². The molecular formula is C22H33N3O3. The van der Waals surface area contributed by atoms with Gasteiger partial charge >= 0.3 is 0 Å². The first-order valence-electron chi connectivity index (χ1n) is 10.6. The summed E-state index contributed by atoms with van der Waals surface area (Å²) < 4.78 is 5.34. The molecule has 6 heteroatoms. The van der Waals surface area contributed by atoms with Crippen molar-refractivity contribution in [1.82, 2.24) is 9.80 Å². The molecule has 2 fully saturated rings. The van der Waals surface area contributed by atoms with Crippen molar-refractivity contribution < 1.29 is 14.3 Å². The molecule has 3 rings (SSSR count). The van der Waals surface area contributed by atoms with E-state index in [0.29, 0.717) is 45.3 Å². The molecule has 154 valence electrons.